The Kier molecular flexibility index (Phi) is 5.97. The number of hydrogen-bond donors (Lipinski definition) is 3. The van der Waals surface area contributed by atoms with Gasteiger partial charge in [-0.1, -0.05) is 12.1 Å². The average Bonchev–Trinajstić information content (AvgIpc) is 2.35. The standard InChI is InChI=1S/C13H17F3N2O2/c1-9(17-6-7-19)8-12(20)18-11-5-3-2-4-10(11)13(14,15)16/h2-5,9,17,19H,6-8H2,1H3,(H,18,20). The number of aliphatic hydroxyl groups excluding tert-OH is 1. The summed E-state index contributed by atoms with van der Waals surface area (Å²) in [5, 5.41) is 13.7. The normalized spacial score (nSPS) is 13.1. The zero-order valence-electron chi connectivity index (χ0n) is 11.0. The molecule has 0 aromatic heterocycles. The molecule has 7 heteroatoms. The van der Waals surface area contributed by atoms with Crippen molar-refractivity contribution < 1.29 is 23.1 Å². The summed E-state index contributed by atoms with van der Waals surface area (Å²) in [4.78, 5) is 11.7. The largest absolute Gasteiger partial charge is 0.418 e. The van der Waals surface area contributed by atoms with E-state index in [9.17, 15) is 18.0 Å². The van der Waals surface area contributed by atoms with Crippen molar-refractivity contribution in [2.45, 2.75) is 25.6 Å². The predicted molar refractivity (Wildman–Crippen MR) is 69.2 cm³/mol. The SMILES string of the molecule is CC(CC(=O)Nc1ccccc1C(F)(F)F)NCCO. The Morgan fingerprint density at radius 3 is 2.60 bits per heavy atom. The highest BCUT2D eigenvalue weighted by Crippen LogP contribution is 2.34. The molecule has 0 bridgehead atoms. The lowest BCUT2D eigenvalue weighted by atomic mass is 10.1. The molecule has 0 spiro atoms. The van der Waals surface area contributed by atoms with Crippen LogP contribution in [0, 0.1) is 0 Å². The van der Waals surface area contributed by atoms with Crippen LogP contribution < -0.4 is 10.6 Å². The quantitative estimate of drug-likeness (QED) is 0.751. The molecule has 0 aliphatic carbocycles. The van der Waals surface area contributed by atoms with Gasteiger partial charge in [0.1, 0.15) is 0 Å². The summed E-state index contributed by atoms with van der Waals surface area (Å²) in [6, 6.07) is 4.60. The zero-order chi connectivity index (χ0) is 15.2. The fourth-order valence-electron chi connectivity index (χ4n) is 1.70. The molecule has 0 aliphatic heterocycles. The van der Waals surface area contributed by atoms with Gasteiger partial charge in [-0.3, -0.25) is 4.79 Å². The Bertz CT molecular complexity index is 449. The van der Waals surface area contributed by atoms with Crippen molar-refractivity contribution in [1.29, 1.82) is 0 Å². The Balaban J connectivity index is 2.67. The van der Waals surface area contributed by atoms with Gasteiger partial charge < -0.3 is 15.7 Å². The Labute approximate surface area is 115 Å². The molecule has 1 rings (SSSR count). The Morgan fingerprint density at radius 2 is 2.00 bits per heavy atom. The third-order valence-electron chi connectivity index (χ3n) is 2.60. The lowest BCUT2D eigenvalue weighted by molar-refractivity contribution is -0.137. The van der Waals surface area contributed by atoms with Gasteiger partial charge in [-0.2, -0.15) is 13.2 Å². The number of rotatable bonds is 6. The number of anilines is 1. The van der Waals surface area contributed by atoms with Gasteiger partial charge in [0, 0.05) is 19.0 Å². The molecule has 20 heavy (non-hydrogen) atoms. The summed E-state index contributed by atoms with van der Waals surface area (Å²) in [5.41, 5.74) is -1.12. The smallest absolute Gasteiger partial charge is 0.395 e. The molecule has 1 aromatic carbocycles. The molecule has 3 N–H and O–H groups in total. The van der Waals surface area contributed by atoms with Gasteiger partial charge in [0.25, 0.3) is 0 Å². The average molecular weight is 290 g/mol. The lowest BCUT2D eigenvalue weighted by Gasteiger charge is -2.15. The number of hydrogen-bond acceptors (Lipinski definition) is 3. The van der Waals surface area contributed by atoms with Crippen LogP contribution in [0.25, 0.3) is 0 Å². The van der Waals surface area contributed by atoms with Crippen molar-refractivity contribution in [3.8, 4) is 0 Å². The number of alkyl halides is 3. The Hall–Kier alpha value is -1.60. The monoisotopic (exact) mass is 290 g/mol. The van der Waals surface area contributed by atoms with Crippen LogP contribution in [0.1, 0.15) is 18.9 Å². The van der Waals surface area contributed by atoms with Gasteiger partial charge in [-0.05, 0) is 19.1 Å². The van der Waals surface area contributed by atoms with E-state index in [1.165, 1.54) is 18.2 Å². The lowest BCUT2D eigenvalue weighted by Crippen LogP contribution is -2.32. The van der Waals surface area contributed by atoms with E-state index in [1.54, 1.807) is 6.92 Å². The third-order valence-corrected chi connectivity index (χ3v) is 2.60. The van der Waals surface area contributed by atoms with Crippen LogP contribution in [0.5, 0.6) is 0 Å². The van der Waals surface area contributed by atoms with Crippen LogP contribution in [-0.4, -0.2) is 30.2 Å². The van der Waals surface area contributed by atoms with Crippen LogP contribution in [0.2, 0.25) is 0 Å². The highest BCUT2D eigenvalue weighted by Gasteiger charge is 2.33. The number of carbonyl (C=O) groups excluding carboxylic acids is 1. The van der Waals surface area contributed by atoms with Crippen LogP contribution >= 0.6 is 0 Å². The van der Waals surface area contributed by atoms with E-state index in [0.717, 1.165) is 6.07 Å². The molecule has 0 aliphatic rings. The zero-order valence-corrected chi connectivity index (χ0v) is 11.0. The molecule has 4 nitrogen and oxygen atoms in total. The first kappa shape index (κ1) is 16.5. The van der Waals surface area contributed by atoms with Crippen molar-refractivity contribution in [2.24, 2.45) is 0 Å². The highest BCUT2D eigenvalue weighted by atomic mass is 19.4. The van der Waals surface area contributed by atoms with Crippen molar-refractivity contribution in [1.82, 2.24) is 5.32 Å². The number of nitrogens with one attached hydrogen (secondary N) is 2. The molecule has 0 radical (unpaired) electrons. The van der Waals surface area contributed by atoms with E-state index in [4.69, 9.17) is 5.11 Å². The first-order valence-electron chi connectivity index (χ1n) is 6.15. The van der Waals surface area contributed by atoms with Crippen molar-refractivity contribution in [3.05, 3.63) is 29.8 Å². The van der Waals surface area contributed by atoms with E-state index >= 15 is 0 Å². The van der Waals surface area contributed by atoms with E-state index < -0.39 is 17.6 Å². The molecule has 0 fully saturated rings. The predicted octanol–water partition coefficient (Wildman–Crippen LogP) is 2.00. The van der Waals surface area contributed by atoms with Crippen molar-refractivity contribution >= 4 is 11.6 Å². The summed E-state index contributed by atoms with van der Waals surface area (Å²) in [5.74, 6) is -0.514. The molecular weight excluding hydrogens is 273 g/mol. The van der Waals surface area contributed by atoms with Crippen LogP contribution in [0.15, 0.2) is 24.3 Å². The number of amides is 1. The maximum atomic E-state index is 12.7. The van der Waals surface area contributed by atoms with Gasteiger partial charge in [0.05, 0.1) is 17.9 Å². The molecule has 1 amide bonds. The maximum absolute atomic E-state index is 12.7. The number of halogens is 3. The van der Waals surface area contributed by atoms with Crippen LogP contribution in [-0.2, 0) is 11.0 Å². The van der Waals surface area contributed by atoms with E-state index in [2.05, 4.69) is 10.6 Å². The number of carbonyl (C=O) groups is 1. The Morgan fingerprint density at radius 1 is 1.35 bits per heavy atom. The summed E-state index contributed by atoms with van der Waals surface area (Å²) in [6.45, 7) is 1.97. The fraction of sp³-hybridized carbons (Fsp3) is 0.462. The second kappa shape index (κ2) is 7.25. The minimum absolute atomic E-state index is 0.0200. The maximum Gasteiger partial charge on any atom is 0.418 e. The number of para-hydroxylation sites is 1. The van der Waals surface area contributed by atoms with Crippen molar-refractivity contribution in [2.75, 3.05) is 18.5 Å². The minimum Gasteiger partial charge on any atom is -0.395 e. The van der Waals surface area contributed by atoms with Crippen LogP contribution in [0.3, 0.4) is 0 Å². The van der Waals surface area contributed by atoms with E-state index in [0.29, 0.717) is 6.54 Å². The van der Waals surface area contributed by atoms with Crippen LogP contribution in [0.4, 0.5) is 18.9 Å². The minimum atomic E-state index is -4.51. The first-order chi connectivity index (χ1) is 9.34. The summed E-state index contributed by atoms with van der Waals surface area (Å²) < 4.78 is 38.2. The second-order valence-electron chi connectivity index (χ2n) is 4.37. The summed E-state index contributed by atoms with van der Waals surface area (Å²) >= 11 is 0. The van der Waals surface area contributed by atoms with Gasteiger partial charge in [0.2, 0.25) is 5.91 Å². The summed E-state index contributed by atoms with van der Waals surface area (Å²) in [6.07, 6.45) is -4.49. The summed E-state index contributed by atoms with van der Waals surface area (Å²) in [7, 11) is 0. The number of aliphatic hydroxyl groups is 1. The fourth-order valence-corrected chi connectivity index (χ4v) is 1.70. The van der Waals surface area contributed by atoms with Crippen molar-refractivity contribution in [3.63, 3.8) is 0 Å². The number of benzene rings is 1. The van der Waals surface area contributed by atoms with Gasteiger partial charge in [-0.25, -0.2) is 0 Å². The molecule has 0 saturated carbocycles. The molecule has 1 atom stereocenters. The third kappa shape index (κ3) is 5.18. The van der Waals surface area contributed by atoms with E-state index in [1.807, 2.05) is 0 Å². The van der Waals surface area contributed by atoms with Gasteiger partial charge in [-0.15, -0.1) is 0 Å². The topological polar surface area (TPSA) is 61.4 Å². The molecule has 1 unspecified atom stereocenters. The highest BCUT2D eigenvalue weighted by molar-refractivity contribution is 5.92. The molecule has 0 heterocycles. The second-order valence-corrected chi connectivity index (χ2v) is 4.37. The van der Waals surface area contributed by atoms with Gasteiger partial charge >= 0.3 is 6.18 Å². The molecule has 1 aromatic rings. The molecular formula is C13H17F3N2O2. The molecule has 0 saturated heterocycles. The van der Waals surface area contributed by atoms with Gasteiger partial charge in [0.15, 0.2) is 0 Å². The first-order valence-corrected chi connectivity index (χ1v) is 6.15. The molecule has 112 valence electrons. The van der Waals surface area contributed by atoms with E-state index in [-0.39, 0.29) is 24.8 Å².